The molecule has 1 aliphatic rings. The third kappa shape index (κ3) is 4.21. The molecule has 166 valence electrons. The highest BCUT2D eigenvalue weighted by molar-refractivity contribution is 9.10. The van der Waals surface area contributed by atoms with Crippen molar-refractivity contribution in [2.75, 3.05) is 4.90 Å². The minimum absolute atomic E-state index is 0.134. The number of benzene rings is 2. The van der Waals surface area contributed by atoms with Crippen molar-refractivity contribution in [2.45, 2.75) is 32.4 Å². The SMILES string of the molecule is CCc1ccc(N2C(=S)N[C@H](c3ccccn3)[C@@H]2c2ccc(-c3ccc(C)cc3Br)o2)cc1. The highest BCUT2D eigenvalue weighted by atomic mass is 79.9. The van der Waals surface area contributed by atoms with Crippen LogP contribution in [0.1, 0.15) is 41.6 Å². The van der Waals surface area contributed by atoms with Gasteiger partial charge >= 0.3 is 0 Å². The monoisotopic (exact) mass is 517 g/mol. The van der Waals surface area contributed by atoms with E-state index in [1.807, 2.05) is 36.5 Å². The molecule has 3 heterocycles. The molecular weight excluding hydrogens is 494 g/mol. The molecule has 33 heavy (non-hydrogen) atoms. The molecule has 2 aromatic heterocycles. The topological polar surface area (TPSA) is 41.3 Å². The smallest absolute Gasteiger partial charge is 0.174 e. The fourth-order valence-electron chi connectivity index (χ4n) is 4.29. The molecule has 1 saturated heterocycles. The Kier molecular flexibility index (Phi) is 6.04. The van der Waals surface area contributed by atoms with Gasteiger partial charge in [-0.15, -0.1) is 0 Å². The summed E-state index contributed by atoms with van der Waals surface area (Å²) in [5.74, 6) is 1.65. The van der Waals surface area contributed by atoms with Gasteiger partial charge in [-0.2, -0.15) is 0 Å². The summed E-state index contributed by atoms with van der Waals surface area (Å²) >= 11 is 9.49. The Balaban J connectivity index is 1.59. The molecule has 1 aliphatic heterocycles. The van der Waals surface area contributed by atoms with Crippen molar-refractivity contribution in [3.8, 4) is 11.3 Å². The Morgan fingerprint density at radius 3 is 2.58 bits per heavy atom. The number of hydrogen-bond acceptors (Lipinski definition) is 3. The number of halogens is 1. The van der Waals surface area contributed by atoms with E-state index in [1.165, 1.54) is 11.1 Å². The van der Waals surface area contributed by atoms with E-state index >= 15 is 0 Å². The first-order chi connectivity index (χ1) is 16.0. The van der Waals surface area contributed by atoms with Crippen LogP contribution in [0.25, 0.3) is 11.3 Å². The third-order valence-electron chi connectivity index (χ3n) is 6.03. The number of nitrogens with zero attached hydrogens (tertiary/aromatic N) is 2. The summed E-state index contributed by atoms with van der Waals surface area (Å²) in [5, 5.41) is 4.15. The average Bonchev–Trinajstić information content (AvgIpc) is 3.44. The first kappa shape index (κ1) is 21.9. The number of pyridine rings is 1. The van der Waals surface area contributed by atoms with Crippen LogP contribution < -0.4 is 10.2 Å². The second-order valence-corrected chi connectivity index (χ2v) is 9.44. The summed E-state index contributed by atoms with van der Waals surface area (Å²) in [6, 6.07) is 24.5. The van der Waals surface area contributed by atoms with Crippen LogP contribution in [0.2, 0.25) is 0 Å². The van der Waals surface area contributed by atoms with Gasteiger partial charge in [-0.3, -0.25) is 4.98 Å². The molecule has 6 heteroatoms. The molecule has 4 nitrogen and oxygen atoms in total. The summed E-state index contributed by atoms with van der Waals surface area (Å²) in [4.78, 5) is 6.76. The normalized spacial score (nSPS) is 17.9. The third-order valence-corrected chi connectivity index (χ3v) is 7.00. The lowest BCUT2D eigenvalue weighted by molar-refractivity contribution is 0.439. The Bertz CT molecular complexity index is 1290. The van der Waals surface area contributed by atoms with Gasteiger partial charge in [0.1, 0.15) is 17.6 Å². The molecule has 2 atom stereocenters. The van der Waals surface area contributed by atoms with Crippen molar-refractivity contribution in [1.82, 2.24) is 10.3 Å². The van der Waals surface area contributed by atoms with Crippen molar-refractivity contribution in [2.24, 2.45) is 0 Å². The fraction of sp³-hybridized carbons (Fsp3) is 0.185. The van der Waals surface area contributed by atoms with Gasteiger partial charge in [0.15, 0.2) is 5.11 Å². The highest BCUT2D eigenvalue weighted by Gasteiger charge is 2.42. The number of furan rings is 1. The van der Waals surface area contributed by atoms with Crippen molar-refractivity contribution in [1.29, 1.82) is 0 Å². The van der Waals surface area contributed by atoms with Gasteiger partial charge in [0, 0.05) is 21.9 Å². The van der Waals surface area contributed by atoms with Gasteiger partial charge in [-0.05, 0) is 85.2 Å². The molecule has 0 unspecified atom stereocenters. The summed E-state index contributed by atoms with van der Waals surface area (Å²) in [6.07, 6.45) is 2.81. The van der Waals surface area contributed by atoms with E-state index in [0.29, 0.717) is 5.11 Å². The molecule has 0 saturated carbocycles. The van der Waals surface area contributed by atoms with Gasteiger partial charge in [-0.25, -0.2) is 0 Å². The van der Waals surface area contributed by atoms with Crippen molar-refractivity contribution in [3.05, 3.63) is 106 Å². The van der Waals surface area contributed by atoms with Gasteiger partial charge in [-0.1, -0.05) is 47.1 Å². The Labute approximate surface area is 207 Å². The molecule has 4 aromatic rings. The lowest BCUT2D eigenvalue weighted by Gasteiger charge is -2.26. The molecule has 0 bridgehead atoms. The summed E-state index contributed by atoms with van der Waals surface area (Å²) in [6.45, 7) is 4.23. The first-order valence-corrected chi connectivity index (χ1v) is 12.2. The molecule has 2 aromatic carbocycles. The van der Waals surface area contributed by atoms with E-state index in [4.69, 9.17) is 16.6 Å². The van der Waals surface area contributed by atoms with E-state index in [1.54, 1.807) is 0 Å². The van der Waals surface area contributed by atoms with Crippen LogP contribution in [0.3, 0.4) is 0 Å². The molecule has 0 aliphatic carbocycles. The molecule has 1 fully saturated rings. The number of nitrogens with one attached hydrogen (secondary N) is 1. The van der Waals surface area contributed by atoms with Crippen LogP contribution in [-0.4, -0.2) is 10.1 Å². The Morgan fingerprint density at radius 2 is 1.88 bits per heavy atom. The summed E-state index contributed by atoms with van der Waals surface area (Å²) < 4.78 is 7.48. The van der Waals surface area contributed by atoms with Crippen molar-refractivity contribution < 1.29 is 4.42 Å². The van der Waals surface area contributed by atoms with Gasteiger partial charge in [0.2, 0.25) is 0 Å². The van der Waals surface area contributed by atoms with E-state index in [-0.39, 0.29) is 12.1 Å². The Morgan fingerprint density at radius 1 is 1.06 bits per heavy atom. The lowest BCUT2D eigenvalue weighted by atomic mass is 10.0. The lowest BCUT2D eigenvalue weighted by Crippen LogP contribution is -2.29. The minimum Gasteiger partial charge on any atom is -0.459 e. The molecule has 5 rings (SSSR count). The first-order valence-electron chi connectivity index (χ1n) is 11.0. The maximum absolute atomic E-state index is 6.47. The standard InChI is InChI=1S/C27H24BrN3OS/c1-3-18-8-10-19(11-9-18)31-26(25(30-27(31)33)22-6-4-5-15-29-22)24-14-13-23(32-24)20-12-7-17(2)16-21(20)28/h4-16,25-26H,3H2,1-2H3,(H,30,33)/t25-,26+/m1/s1. The second kappa shape index (κ2) is 9.12. The maximum atomic E-state index is 6.47. The average molecular weight is 518 g/mol. The quantitative estimate of drug-likeness (QED) is 0.284. The van der Waals surface area contributed by atoms with E-state index in [0.717, 1.165) is 39.4 Å². The number of rotatable bonds is 5. The van der Waals surface area contributed by atoms with Gasteiger partial charge in [0.05, 0.1) is 11.7 Å². The number of anilines is 1. The van der Waals surface area contributed by atoms with Crippen molar-refractivity contribution in [3.63, 3.8) is 0 Å². The van der Waals surface area contributed by atoms with E-state index < -0.39 is 0 Å². The minimum atomic E-state index is -0.169. The largest absolute Gasteiger partial charge is 0.459 e. The predicted octanol–water partition coefficient (Wildman–Crippen LogP) is 7.15. The number of thiocarbonyl (C=S) groups is 1. The van der Waals surface area contributed by atoms with E-state index in [9.17, 15) is 0 Å². The fourth-order valence-corrected chi connectivity index (χ4v) is 5.33. The maximum Gasteiger partial charge on any atom is 0.174 e. The summed E-state index contributed by atoms with van der Waals surface area (Å²) in [5.41, 5.74) is 5.46. The van der Waals surface area contributed by atoms with Crippen molar-refractivity contribution >= 4 is 38.9 Å². The van der Waals surface area contributed by atoms with Gasteiger partial charge in [0.25, 0.3) is 0 Å². The zero-order valence-corrected chi connectivity index (χ0v) is 20.9. The van der Waals surface area contributed by atoms with Gasteiger partial charge < -0.3 is 14.6 Å². The zero-order chi connectivity index (χ0) is 22.9. The van der Waals surface area contributed by atoms with Crippen LogP contribution >= 0.6 is 28.1 Å². The van der Waals surface area contributed by atoms with Crippen LogP contribution in [-0.2, 0) is 6.42 Å². The second-order valence-electron chi connectivity index (χ2n) is 8.20. The molecule has 0 spiro atoms. The van der Waals surface area contributed by atoms with Crippen LogP contribution in [0.4, 0.5) is 5.69 Å². The molecule has 0 amide bonds. The van der Waals surface area contributed by atoms with E-state index in [2.05, 4.69) is 87.4 Å². The molecule has 1 N–H and O–H groups in total. The number of aromatic nitrogens is 1. The van der Waals surface area contributed by atoms with Crippen LogP contribution in [0.15, 0.2) is 87.9 Å². The number of hydrogen-bond donors (Lipinski definition) is 1. The molecule has 0 radical (unpaired) electrons. The zero-order valence-electron chi connectivity index (χ0n) is 18.5. The Hall–Kier alpha value is -2.96. The molecular formula is C27H24BrN3OS. The van der Waals surface area contributed by atoms with Crippen LogP contribution in [0.5, 0.6) is 0 Å². The summed E-state index contributed by atoms with van der Waals surface area (Å²) in [7, 11) is 0. The predicted molar refractivity (Wildman–Crippen MR) is 140 cm³/mol. The number of aryl methyl sites for hydroxylation is 2. The highest BCUT2D eigenvalue weighted by Crippen LogP contribution is 2.43. The van der Waals surface area contributed by atoms with Crippen LogP contribution in [0, 0.1) is 6.92 Å².